The van der Waals surface area contributed by atoms with E-state index in [4.69, 9.17) is 0 Å². The summed E-state index contributed by atoms with van der Waals surface area (Å²) < 4.78 is 0. The van der Waals surface area contributed by atoms with Gasteiger partial charge in [0.05, 0.1) is 23.3 Å². The number of pyridine rings is 1. The highest BCUT2D eigenvalue weighted by Crippen LogP contribution is 2.57. The molecule has 0 N–H and O–H groups in total. The van der Waals surface area contributed by atoms with Crippen LogP contribution in [0.15, 0.2) is 85.2 Å². The molecular weight excluding hydrogens is 424 g/mol. The number of benzene rings is 4. The molecule has 0 saturated heterocycles. The van der Waals surface area contributed by atoms with Gasteiger partial charge in [0.15, 0.2) is 0 Å². The molecular formula is C33H22N2. The van der Waals surface area contributed by atoms with Crippen LogP contribution in [0.1, 0.15) is 44.5 Å². The summed E-state index contributed by atoms with van der Waals surface area (Å²) in [5.74, 6) is 0. The van der Waals surface area contributed by atoms with Crippen molar-refractivity contribution in [1.82, 2.24) is 4.98 Å². The Hall–Kier alpha value is -4.17. The van der Waals surface area contributed by atoms with Gasteiger partial charge < -0.3 is 4.90 Å². The monoisotopic (exact) mass is 446 g/mol. The summed E-state index contributed by atoms with van der Waals surface area (Å²) >= 11 is 0. The second kappa shape index (κ2) is 6.28. The smallest absolute Gasteiger partial charge is 0.0680 e. The van der Waals surface area contributed by atoms with Gasteiger partial charge in [-0.15, -0.1) is 0 Å². The van der Waals surface area contributed by atoms with Crippen LogP contribution in [0.3, 0.4) is 0 Å². The molecule has 3 heterocycles. The lowest BCUT2D eigenvalue weighted by Gasteiger charge is -2.41. The van der Waals surface area contributed by atoms with Gasteiger partial charge in [-0.25, -0.2) is 0 Å². The van der Waals surface area contributed by atoms with E-state index in [1.54, 1.807) is 0 Å². The Morgan fingerprint density at radius 2 is 1.29 bits per heavy atom. The van der Waals surface area contributed by atoms with Gasteiger partial charge in [-0.05, 0) is 79.2 Å². The predicted octanol–water partition coefficient (Wildman–Crippen LogP) is 7.50. The van der Waals surface area contributed by atoms with Crippen LogP contribution in [0.2, 0.25) is 0 Å². The third-order valence-corrected chi connectivity index (χ3v) is 8.59. The van der Waals surface area contributed by atoms with Crippen LogP contribution in [0.5, 0.6) is 0 Å². The van der Waals surface area contributed by atoms with Gasteiger partial charge in [0.1, 0.15) is 0 Å². The first-order chi connectivity index (χ1) is 17.3. The number of fused-ring (bicyclic) bond motifs is 12. The van der Waals surface area contributed by atoms with Crippen LogP contribution in [-0.2, 0) is 25.7 Å². The minimum Gasteiger partial charge on any atom is -0.307 e. The molecule has 35 heavy (non-hydrogen) atoms. The van der Waals surface area contributed by atoms with E-state index in [0.29, 0.717) is 0 Å². The van der Waals surface area contributed by atoms with Crippen molar-refractivity contribution in [2.45, 2.75) is 25.7 Å². The van der Waals surface area contributed by atoms with E-state index >= 15 is 0 Å². The Labute approximate surface area is 204 Å². The zero-order chi connectivity index (χ0) is 22.7. The highest BCUT2D eigenvalue weighted by Gasteiger charge is 2.38. The maximum Gasteiger partial charge on any atom is 0.0680 e. The second-order valence-corrected chi connectivity index (χ2v) is 10.4. The molecule has 0 spiro atoms. The van der Waals surface area contributed by atoms with Gasteiger partial charge in [0.2, 0.25) is 0 Å². The van der Waals surface area contributed by atoms with Gasteiger partial charge in [0.25, 0.3) is 0 Å². The SMILES string of the molecule is c1ccc2c(c1)Cc1c-2ccc2c1N1c3cnccc3Cc3cc4c(c(c31)C2)-c1ccccc1C4. The molecule has 0 radical (unpaired) electrons. The fraction of sp³-hybridized carbons (Fsp3) is 0.121. The van der Waals surface area contributed by atoms with E-state index in [9.17, 15) is 0 Å². The summed E-state index contributed by atoms with van der Waals surface area (Å²) in [4.78, 5) is 7.18. The largest absolute Gasteiger partial charge is 0.307 e. The lowest BCUT2D eigenvalue weighted by Crippen LogP contribution is -2.26. The Morgan fingerprint density at radius 1 is 0.543 bits per heavy atom. The summed E-state index contributed by atoms with van der Waals surface area (Å²) in [7, 11) is 0. The third kappa shape index (κ3) is 2.23. The summed E-state index contributed by atoms with van der Waals surface area (Å²) in [5, 5.41) is 0. The van der Waals surface area contributed by atoms with Gasteiger partial charge in [-0.3, -0.25) is 4.98 Å². The van der Waals surface area contributed by atoms with Gasteiger partial charge >= 0.3 is 0 Å². The highest BCUT2D eigenvalue weighted by atomic mass is 15.2. The normalized spacial score (nSPS) is 14.9. The number of nitrogens with zero attached hydrogens (tertiary/aromatic N) is 2. The summed E-state index contributed by atoms with van der Waals surface area (Å²) in [6.07, 6.45) is 8.04. The van der Waals surface area contributed by atoms with Crippen LogP contribution in [0.4, 0.5) is 17.1 Å². The Balaban J connectivity index is 1.37. The summed E-state index contributed by atoms with van der Waals surface area (Å²) in [6, 6.07) is 27.4. The average molecular weight is 447 g/mol. The van der Waals surface area contributed by atoms with Gasteiger partial charge in [-0.1, -0.05) is 66.7 Å². The first kappa shape index (κ1) is 18.2. The molecule has 2 aliphatic carbocycles. The summed E-state index contributed by atoms with van der Waals surface area (Å²) in [5.41, 5.74) is 21.4. The number of anilines is 3. The molecule has 2 nitrogen and oxygen atoms in total. The molecule has 0 amide bonds. The Kier molecular flexibility index (Phi) is 3.27. The molecule has 2 aliphatic heterocycles. The second-order valence-electron chi connectivity index (χ2n) is 10.4. The Bertz CT molecular complexity index is 1760. The fourth-order valence-electron chi connectivity index (χ4n) is 7.22. The third-order valence-electron chi connectivity index (χ3n) is 8.59. The number of hydrogen-bond donors (Lipinski definition) is 0. The molecule has 4 aromatic carbocycles. The summed E-state index contributed by atoms with van der Waals surface area (Å²) in [6.45, 7) is 0. The fourth-order valence-corrected chi connectivity index (χ4v) is 7.22. The maximum absolute atomic E-state index is 4.60. The molecule has 0 fully saturated rings. The van der Waals surface area contributed by atoms with Crippen LogP contribution >= 0.6 is 0 Å². The number of aromatic nitrogens is 1. The van der Waals surface area contributed by atoms with E-state index in [1.807, 2.05) is 6.20 Å². The van der Waals surface area contributed by atoms with Crippen LogP contribution in [0, 0.1) is 0 Å². The molecule has 0 unspecified atom stereocenters. The van der Waals surface area contributed by atoms with Crippen molar-refractivity contribution in [3.8, 4) is 22.3 Å². The molecule has 0 bridgehead atoms. The molecule has 5 aromatic rings. The molecule has 4 aliphatic rings. The van der Waals surface area contributed by atoms with Crippen LogP contribution in [-0.4, -0.2) is 4.98 Å². The minimum atomic E-state index is 0.977. The van der Waals surface area contributed by atoms with E-state index in [0.717, 1.165) is 25.7 Å². The zero-order valence-electron chi connectivity index (χ0n) is 19.3. The quantitative estimate of drug-likeness (QED) is 0.240. The maximum atomic E-state index is 4.60. The molecule has 164 valence electrons. The van der Waals surface area contributed by atoms with Crippen molar-refractivity contribution < 1.29 is 0 Å². The van der Waals surface area contributed by atoms with Crippen molar-refractivity contribution in [2.75, 3.05) is 4.90 Å². The number of rotatable bonds is 0. The van der Waals surface area contributed by atoms with Crippen molar-refractivity contribution >= 4 is 17.1 Å². The van der Waals surface area contributed by atoms with Crippen molar-refractivity contribution in [2.24, 2.45) is 0 Å². The molecule has 0 atom stereocenters. The standard InChI is InChI=1S/C33H22N2/c1-3-7-25-20(6-1)16-28-27(25)10-9-22-17-29-31-23(13-19-5-2-4-8-26(19)31)15-24-14-21-11-12-34-18-30(21)35(32(22)28)33(24)29/h1-12,15,18H,13-14,16-17H2. The first-order valence-electron chi connectivity index (χ1n) is 12.6. The van der Waals surface area contributed by atoms with E-state index < -0.39 is 0 Å². The lowest BCUT2D eigenvalue weighted by atomic mass is 9.81. The van der Waals surface area contributed by atoms with Crippen molar-refractivity contribution in [3.63, 3.8) is 0 Å². The van der Waals surface area contributed by atoms with Gasteiger partial charge in [0, 0.05) is 25.5 Å². The van der Waals surface area contributed by atoms with Gasteiger partial charge in [-0.2, -0.15) is 0 Å². The molecule has 2 heteroatoms. The average Bonchev–Trinajstić information content (AvgIpc) is 3.46. The highest BCUT2D eigenvalue weighted by molar-refractivity contribution is 5.98. The topological polar surface area (TPSA) is 16.1 Å². The molecule has 0 saturated carbocycles. The first-order valence-corrected chi connectivity index (χ1v) is 12.6. The van der Waals surface area contributed by atoms with Crippen molar-refractivity contribution in [3.05, 3.63) is 130 Å². The zero-order valence-corrected chi connectivity index (χ0v) is 19.3. The molecule has 1 aromatic heterocycles. The van der Waals surface area contributed by atoms with Crippen LogP contribution < -0.4 is 4.90 Å². The van der Waals surface area contributed by atoms with E-state index in [2.05, 4.69) is 88.9 Å². The predicted molar refractivity (Wildman–Crippen MR) is 141 cm³/mol. The minimum absolute atomic E-state index is 0.977. The Morgan fingerprint density at radius 3 is 2.20 bits per heavy atom. The number of hydrogen-bond acceptors (Lipinski definition) is 2. The van der Waals surface area contributed by atoms with E-state index in [-0.39, 0.29) is 0 Å². The lowest BCUT2D eigenvalue weighted by molar-refractivity contribution is 0.988. The van der Waals surface area contributed by atoms with Crippen LogP contribution in [0.25, 0.3) is 22.3 Å². The van der Waals surface area contributed by atoms with E-state index in [1.165, 1.54) is 83.8 Å². The molecule has 9 rings (SSSR count). The van der Waals surface area contributed by atoms with Crippen molar-refractivity contribution in [1.29, 1.82) is 0 Å².